The van der Waals surface area contributed by atoms with E-state index in [2.05, 4.69) is 5.32 Å². The lowest BCUT2D eigenvalue weighted by Gasteiger charge is -2.16. The van der Waals surface area contributed by atoms with E-state index in [0.29, 0.717) is 6.42 Å². The predicted molar refractivity (Wildman–Crippen MR) is 58.6 cm³/mol. The minimum Gasteiger partial charge on any atom is -0.312 e. The van der Waals surface area contributed by atoms with Crippen LogP contribution in [0.15, 0.2) is 17.0 Å². The lowest BCUT2D eigenvalue weighted by molar-refractivity contribution is 0.503. The van der Waals surface area contributed by atoms with Gasteiger partial charge in [0, 0.05) is 5.56 Å². The van der Waals surface area contributed by atoms with Crippen LogP contribution in [0.1, 0.15) is 24.9 Å². The number of rotatable bonds is 2. The molecule has 2 rings (SSSR count). The summed E-state index contributed by atoms with van der Waals surface area (Å²) in [5.41, 5.74) is 0.229. The Labute approximate surface area is 95.5 Å². The highest BCUT2D eigenvalue weighted by molar-refractivity contribution is 7.86. The van der Waals surface area contributed by atoms with Gasteiger partial charge in [-0.1, -0.05) is 6.92 Å². The van der Waals surface area contributed by atoms with Crippen LogP contribution in [0, 0.1) is 11.6 Å². The first-order chi connectivity index (χ1) is 7.61. The van der Waals surface area contributed by atoms with E-state index in [1.165, 1.54) is 0 Å². The summed E-state index contributed by atoms with van der Waals surface area (Å²) in [6.07, 6.45) is 0.617. The summed E-state index contributed by atoms with van der Waals surface area (Å²) in [5, 5.41) is 2.66. The van der Waals surface area contributed by atoms with Gasteiger partial charge in [0.1, 0.15) is 11.6 Å². The molecule has 0 aliphatic carbocycles. The number of fused-ring (bicyclic) bond motifs is 1. The van der Waals surface area contributed by atoms with Crippen molar-refractivity contribution < 1.29 is 13.0 Å². The maximum atomic E-state index is 13.6. The van der Waals surface area contributed by atoms with Crippen molar-refractivity contribution in [2.24, 2.45) is 0 Å². The molecule has 88 valence electrons. The molecule has 5 heteroatoms. The molecule has 1 heterocycles. The van der Waals surface area contributed by atoms with E-state index in [1.54, 1.807) is 7.05 Å². The molecule has 0 spiro atoms. The van der Waals surface area contributed by atoms with Gasteiger partial charge in [0.2, 0.25) is 0 Å². The predicted octanol–water partition coefficient (Wildman–Crippen LogP) is 2.13. The van der Waals surface area contributed by atoms with Crippen LogP contribution < -0.4 is 5.32 Å². The van der Waals surface area contributed by atoms with Crippen molar-refractivity contribution in [3.63, 3.8) is 0 Å². The maximum absolute atomic E-state index is 13.6. The highest BCUT2D eigenvalue weighted by atomic mass is 32.2. The van der Waals surface area contributed by atoms with Gasteiger partial charge in [-0.3, -0.25) is 4.21 Å². The highest BCUT2D eigenvalue weighted by Crippen LogP contribution is 2.40. The normalized spacial score (nSPS) is 28.1. The monoisotopic (exact) mass is 245 g/mol. The summed E-state index contributed by atoms with van der Waals surface area (Å²) in [7, 11) is 0.206. The highest BCUT2D eigenvalue weighted by Gasteiger charge is 2.40. The number of benzene rings is 1. The molecule has 3 unspecified atom stereocenters. The number of nitrogens with one attached hydrogen (secondary N) is 1. The van der Waals surface area contributed by atoms with Crippen molar-refractivity contribution in [2.75, 3.05) is 7.05 Å². The SMILES string of the molecule is CCC1C(NC)c2c(F)ccc(F)c2S1=O. The molecule has 1 aliphatic heterocycles. The molecule has 2 nitrogen and oxygen atoms in total. The second-order valence-corrected chi connectivity index (χ2v) is 5.39. The molecule has 1 aromatic rings. The second kappa shape index (κ2) is 4.22. The molecule has 1 N–H and O–H groups in total. The zero-order valence-corrected chi connectivity index (χ0v) is 9.91. The third-order valence-corrected chi connectivity index (χ3v) is 4.94. The van der Waals surface area contributed by atoms with Gasteiger partial charge in [0.25, 0.3) is 0 Å². The maximum Gasteiger partial charge on any atom is 0.139 e. The van der Waals surface area contributed by atoms with Gasteiger partial charge in [-0.2, -0.15) is 0 Å². The molecule has 0 saturated carbocycles. The van der Waals surface area contributed by atoms with Crippen molar-refractivity contribution in [2.45, 2.75) is 29.5 Å². The topological polar surface area (TPSA) is 29.1 Å². The summed E-state index contributed by atoms with van der Waals surface area (Å²) in [5.74, 6) is -1.06. The standard InChI is InChI=1S/C11H13F2NOS/c1-3-8-10(14-2)9-6(12)4-5-7(13)11(9)16(8)15/h4-5,8,10,14H,3H2,1-2H3. The average Bonchev–Trinajstić information content (AvgIpc) is 2.57. The summed E-state index contributed by atoms with van der Waals surface area (Å²) in [6.45, 7) is 1.87. The van der Waals surface area contributed by atoms with Crippen LogP contribution >= 0.6 is 0 Å². The van der Waals surface area contributed by atoms with Crippen LogP contribution in [-0.2, 0) is 10.8 Å². The molecule has 3 atom stereocenters. The Hall–Kier alpha value is -0.810. The molecule has 16 heavy (non-hydrogen) atoms. The smallest absolute Gasteiger partial charge is 0.139 e. The lowest BCUT2D eigenvalue weighted by atomic mass is 10.0. The van der Waals surface area contributed by atoms with Gasteiger partial charge >= 0.3 is 0 Å². The minimum absolute atomic E-state index is 0.0335. The lowest BCUT2D eigenvalue weighted by Crippen LogP contribution is -2.26. The van der Waals surface area contributed by atoms with Crippen LogP contribution in [0.5, 0.6) is 0 Å². The van der Waals surface area contributed by atoms with Crippen LogP contribution in [0.2, 0.25) is 0 Å². The zero-order valence-electron chi connectivity index (χ0n) is 9.09. The summed E-state index contributed by atoms with van der Waals surface area (Å²) in [6, 6.07) is 1.77. The first-order valence-corrected chi connectivity index (χ1v) is 6.38. The zero-order chi connectivity index (χ0) is 11.9. The Morgan fingerprint density at radius 2 is 2.00 bits per heavy atom. The molecule has 0 saturated heterocycles. The Bertz CT molecular complexity index is 450. The summed E-state index contributed by atoms with van der Waals surface area (Å²) < 4.78 is 39.2. The molecule has 1 aromatic carbocycles. The first-order valence-electron chi connectivity index (χ1n) is 5.17. The molecule has 0 radical (unpaired) electrons. The third kappa shape index (κ3) is 1.50. The van der Waals surface area contributed by atoms with Gasteiger partial charge in [-0.15, -0.1) is 0 Å². The quantitative estimate of drug-likeness (QED) is 0.864. The van der Waals surface area contributed by atoms with Gasteiger partial charge in [-0.05, 0) is 25.6 Å². The Kier molecular flexibility index (Phi) is 3.08. The van der Waals surface area contributed by atoms with Crippen molar-refractivity contribution in [3.8, 4) is 0 Å². The average molecular weight is 245 g/mol. The third-order valence-electron chi connectivity index (χ3n) is 2.97. The van der Waals surface area contributed by atoms with E-state index >= 15 is 0 Å². The molecule has 0 bridgehead atoms. The van der Waals surface area contributed by atoms with E-state index in [-0.39, 0.29) is 21.8 Å². The van der Waals surface area contributed by atoms with Crippen LogP contribution in [-0.4, -0.2) is 16.5 Å². The van der Waals surface area contributed by atoms with Gasteiger partial charge in [-0.25, -0.2) is 8.78 Å². The fourth-order valence-corrected chi connectivity index (χ4v) is 4.05. The van der Waals surface area contributed by atoms with E-state index in [4.69, 9.17) is 0 Å². The van der Waals surface area contributed by atoms with E-state index in [0.717, 1.165) is 12.1 Å². The fraction of sp³-hybridized carbons (Fsp3) is 0.455. The van der Waals surface area contributed by atoms with Crippen molar-refractivity contribution >= 4 is 10.8 Å². The van der Waals surface area contributed by atoms with E-state index in [1.807, 2.05) is 6.92 Å². The number of halogens is 2. The van der Waals surface area contributed by atoms with Crippen LogP contribution in [0.4, 0.5) is 8.78 Å². The van der Waals surface area contributed by atoms with Crippen molar-refractivity contribution in [1.29, 1.82) is 0 Å². The first kappa shape index (κ1) is 11.7. The Balaban J connectivity index is 2.65. The second-order valence-electron chi connectivity index (χ2n) is 3.78. The molecular weight excluding hydrogens is 232 g/mol. The Morgan fingerprint density at radius 1 is 1.38 bits per heavy atom. The molecule has 0 amide bonds. The summed E-state index contributed by atoms with van der Waals surface area (Å²) in [4.78, 5) is 0.0335. The van der Waals surface area contributed by atoms with Crippen molar-refractivity contribution in [3.05, 3.63) is 29.3 Å². The minimum atomic E-state index is -1.46. The molecule has 0 aromatic heterocycles. The Morgan fingerprint density at radius 3 is 2.56 bits per heavy atom. The largest absolute Gasteiger partial charge is 0.312 e. The van der Waals surface area contributed by atoms with Crippen LogP contribution in [0.3, 0.4) is 0 Å². The molecule has 0 fully saturated rings. The van der Waals surface area contributed by atoms with E-state index < -0.39 is 22.4 Å². The van der Waals surface area contributed by atoms with Gasteiger partial charge in [0.15, 0.2) is 0 Å². The van der Waals surface area contributed by atoms with Gasteiger partial charge < -0.3 is 5.32 Å². The summed E-state index contributed by atoms with van der Waals surface area (Å²) >= 11 is 0. The number of hydrogen-bond donors (Lipinski definition) is 1. The fourth-order valence-electron chi connectivity index (χ4n) is 2.22. The van der Waals surface area contributed by atoms with Gasteiger partial charge in [0.05, 0.1) is 27.0 Å². The molecule has 1 aliphatic rings. The molecular formula is C11H13F2NOS. The van der Waals surface area contributed by atoms with Crippen molar-refractivity contribution in [1.82, 2.24) is 5.32 Å². The van der Waals surface area contributed by atoms with Crippen LogP contribution in [0.25, 0.3) is 0 Å². The van der Waals surface area contributed by atoms with E-state index in [9.17, 15) is 13.0 Å². The number of hydrogen-bond acceptors (Lipinski definition) is 2.